The first-order valence-corrected chi connectivity index (χ1v) is 6.60. The molecule has 2 N–H and O–H groups in total. The van der Waals surface area contributed by atoms with Gasteiger partial charge in [-0.2, -0.15) is 0 Å². The second kappa shape index (κ2) is 5.37. The summed E-state index contributed by atoms with van der Waals surface area (Å²) >= 11 is 0. The van der Waals surface area contributed by atoms with Gasteiger partial charge in [0.2, 0.25) is 0 Å². The van der Waals surface area contributed by atoms with Gasteiger partial charge in [0.25, 0.3) is 0 Å². The molecule has 0 aliphatic heterocycles. The van der Waals surface area contributed by atoms with Gasteiger partial charge in [0.1, 0.15) is 5.82 Å². The lowest BCUT2D eigenvalue weighted by molar-refractivity contribution is 0.143. The topological polar surface area (TPSA) is 32.3 Å². The summed E-state index contributed by atoms with van der Waals surface area (Å²) in [6.07, 6.45) is 2.12. The summed E-state index contributed by atoms with van der Waals surface area (Å²) in [4.78, 5) is 0. The van der Waals surface area contributed by atoms with Gasteiger partial charge in [-0.1, -0.05) is 26.0 Å². The van der Waals surface area contributed by atoms with Crippen LogP contribution in [0.5, 0.6) is 0 Å². The highest BCUT2D eigenvalue weighted by Gasteiger charge is 2.31. The molecule has 1 fully saturated rings. The molecule has 0 amide bonds. The summed E-state index contributed by atoms with van der Waals surface area (Å²) in [7, 11) is 0. The van der Waals surface area contributed by atoms with Crippen LogP contribution in [0.25, 0.3) is 0 Å². The Morgan fingerprint density at radius 3 is 2.72 bits per heavy atom. The summed E-state index contributed by atoms with van der Waals surface area (Å²) in [6, 6.07) is 7.41. The maximum absolute atomic E-state index is 13.1. The molecule has 0 unspecified atom stereocenters. The number of halogens is 1. The second-order valence-electron chi connectivity index (χ2n) is 6.12. The monoisotopic (exact) mass is 251 g/mol. The number of rotatable bonds is 5. The maximum Gasteiger partial charge on any atom is 0.123 e. The third-order valence-electron chi connectivity index (χ3n) is 3.76. The molecule has 2 rings (SSSR count). The van der Waals surface area contributed by atoms with Crippen molar-refractivity contribution in [1.82, 2.24) is 5.32 Å². The minimum atomic E-state index is -0.148. The smallest absolute Gasteiger partial charge is 0.123 e. The van der Waals surface area contributed by atoms with Crippen molar-refractivity contribution in [3.8, 4) is 0 Å². The molecule has 0 atom stereocenters. The fourth-order valence-electron chi connectivity index (χ4n) is 2.29. The van der Waals surface area contributed by atoms with Gasteiger partial charge in [-0.15, -0.1) is 0 Å². The van der Waals surface area contributed by atoms with Crippen LogP contribution < -0.4 is 5.32 Å². The van der Waals surface area contributed by atoms with Crippen molar-refractivity contribution >= 4 is 0 Å². The van der Waals surface area contributed by atoms with Gasteiger partial charge in [0.15, 0.2) is 0 Å². The quantitative estimate of drug-likeness (QED) is 0.843. The number of nitrogens with one attached hydrogen (secondary N) is 1. The Kier molecular flexibility index (Phi) is 4.03. The Balaban J connectivity index is 1.77. The van der Waals surface area contributed by atoms with Gasteiger partial charge in [-0.25, -0.2) is 4.39 Å². The number of hydrogen-bond donors (Lipinski definition) is 2. The molecule has 1 aromatic rings. The molecule has 1 aliphatic carbocycles. The van der Waals surface area contributed by atoms with Gasteiger partial charge in [0, 0.05) is 24.6 Å². The summed E-state index contributed by atoms with van der Waals surface area (Å²) in [5.74, 6) is 0.334. The van der Waals surface area contributed by atoms with Crippen LogP contribution in [0.15, 0.2) is 24.3 Å². The zero-order chi connectivity index (χ0) is 13.2. The molecule has 0 spiro atoms. The molecule has 18 heavy (non-hydrogen) atoms. The third kappa shape index (κ3) is 3.30. The molecule has 100 valence electrons. The normalized spacial score (nSPS) is 23.8. The molecule has 1 saturated carbocycles. The molecule has 0 radical (unpaired) electrons. The largest absolute Gasteiger partial charge is 0.396 e. The van der Waals surface area contributed by atoms with E-state index in [1.54, 1.807) is 12.1 Å². The fraction of sp³-hybridized carbons (Fsp3) is 0.600. The van der Waals surface area contributed by atoms with Crippen LogP contribution in [-0.2, 0) is 0 Å². The first-order chi connectivity index (χ1) is 8.50. The molecular weight excluding hydrogens is 229 g/mol. The minimum Gasteiger partial charge on any atom is -0.396 e. The van der Waals surface area contributed by atoms with E-state index in [9.17, 15) is 9.50 Å². The average Bonchev–Trinajstić information content (AvgIpc) is 2.27. The first kappa shape index (κ1) is 13.5. The van der Waals surface area contributed by atoms with Gasteiger partial charge < -0.3 is 10.4 Å². The molecule has 1 aliphatic rings. The lowest BCUT2D eigenvalue weighted by Crippen LogP contribution is -2.45. The average molecular weight is 251 g/mol. The van der Waals surface area contributed by atoms with E-state index in [0.29, 0.717) is 12.0 Å². The highest BCUT2D eigenvalue weighted by atomic mass is 19.1. The zero-order valence-electron chi connectivity index (χ0n) is 11.1. The van der Waals surface area contributed by atoms with Crippen molar-refractivity contribution in [2.45, 2.75) is 38.6 Å². The van der Waals surface area contributed by atoms with Gasteiger partial charge in [-0.05, 0) is 36.5 Å². The second-order valence-corrected chi connectivity index (χ2v) is 6.12. The number of hydrogen-bond acceptors (Lipinski definition) is 2. The van der Waals surface area contributed by atoms with Gasteiger partial charge >= 0.3 is 0 Å². The Labute approximate surface area is 108 Å². The Hall–Kier alpha value is -0.930. The standard InChI is InChI=1S/C15H22FNO/c1-15(2,10-18)9-17-14-7-12(8-14)11-4-3-5-13(16)6-11/h3-6,12,14,17-18H,7-10H2,1-2H3. The lowest BCUT2D eigenvalue weighted by atomic mass is 9.75. The molecule has 0 heterocycles. The maximum atomic E-state index is 13.1. The van der Waals surface area contributed by atoms with E-state index in [-0.39, 0.29) is 17.8 Å². The minimum absolute atomic E-state index is 0.0655. The molecule has 3 heteroatoms. The third-order valence-corrected chi connectivity index (χ3v) is 3.76. The van der Waals surface area contributed by atoms with Crippen LogP contribution >= 0.6 is 0 Å². The molecule has 0 bridgehead atoms. The number of aliphatic hydroxyl groups is 1. The van der Waals surface area contributed by atoms with E-state index in [2.05, 4.69) is 5.32 Å². The van der Waals surface area contributed by atoms with Crippen molar-refractivity contribution in [3.63, 3.8) is 0 Å². The van der Waals surface area contributed by atoms with Crippen molar-refractivity contribution < 1.29 is 9.50 Å². The van der Waals surface area contributed by atoms with Crippen LogP contribution in [0.3, 0.4) is 0 Å². The van der Waals surface area contributed by atoms with Crippen molar-refractivity contribution in [1.29, 1.82) is 0 Å². The zero-order valence-corrected chi connectivity index (χ0v) is 11.1. The first-order valence-electron chi connectivity index (χ1n) is 6.60. The van der Waals surface area contributed by atoms with E-state index in [0.717, 1.165) is 24.9 Å². The molecule has 1 aromatic carbocycles. The Morgan fingerprint density at radius 1 is 1.39 bits per heavy atom. The SMILES string of the molecule is CC(C)(CO)CNC1CC(c2cccc(F)c2)C1. The number of benzene rings is 1. The van der Waals surface area contributed by atoms with Crippen LogP contribution in [0, 0.1) is 11.2 Å². The van der Waals surface area contributed by atoms with Gasteiger partial charge in [0.05, 0.1) is 0 Å². The highest BCUT2D eigenvalue weighted by Crippen LogP contribution is 2.37. The van der Waals surface area contributed by atoms with Crippen LogP contribution in [0.4, 0.5) is 4.39 Å². The lowest BCUT2D eigenvalue weighted by Gasteiger charge is -2.38. The predicted molar refractivity (Wildman–Crippen MR) is 71.0 cm³/mol. The Bertz CT molecular complexity index is 399. The van der Waals surface area contributed by atoms with E-state index in [1.165, 1.54) is 6.07 Å². The van der Waals surface area contributed by atoms with E-state index >= 15 is 0 Å². The summed E-state index contributed by atoms with van der Waals surface area (Å²) < 4.78 is 13.1. The van der Waals surface area contributed by atoms with Crippen molar-refractivity contribution in [2.24, 2.45) is 5.41 Å². The van der Waals surface area contributed by atoms with E-state index in [1.807, 2.05) is 19.9 Å². The summed E-state index contributed by atoms with van der Waals surface area (Å²) in [5.41, 5.74) is 1.04. The van der Waals surface area contributed by atoms with Crippen molar-refractivity contribution in [2.75, 3.05) is 13.2 Å². The van der Waals surface area contributed by atoms with Crippen LogP contribution in [-0.4, -0.2) is 24.3 Å². The van der Waals surface area contributed by atoms with Crippen LogP contribution in [0.2, 0.25) is 0 Å². The molecule has 0 aromatic heterocycles. The highest BCUT2D eigenvalue weighted by molar-refractivity contribution is 5.23. The molecule has 0 saturated heterocycles. The van der Waals surface area contributed by atoms with E-state index in [4.69, 9.17) is 0 Å². The Morgan fingerprint density at radius 2 is 2.11 bits per heavy atom. The van der Waals surface area contributed by atoms with Crippen LogP contribution in [0.1, 0.15) is 38.2 Å². The molecular formula is C15H22FNO. The predicted octanol–water partition coefficient (Wildman–Crippen LogP) is 2.68. The summed E-state index contributed by atoms with van der Waals surface area (Å²) in [6.45, 7) is 5.11. The fourth-order valence-corrected chi connectivity index (χ4v) is 2.29. The molecule has 2 nitrogen and oxygen atoms in total. The van der Waals surface area contributed by atoms with E-state index < -0.39 is 0 Å². The van der Waals surface area contributed by atoms with Gasteiger partial charge in [-0.3, -0.25) is 0 Å². The van der Waals surface area contributed by atoms with Crippen molar-refractivity contribution in [3.05, 3.63) is 35.6 Å². The summed E-state index contributed by atoms with van der Waals surface area (Å²) in [5, 5.41) is 12.6. The number of aliphatic hydroxyl groups excluding tert-OH is 1.